The zero-order valence-corrected chi connectivity index (χ0v) is 9.92. The van der Waals surface area contributed by atoms with Gasteiger partial charge in [0.1, 0.15) is 5.75 Å². The van der Waals surface area contributed by atoms with Crippen molar-refractivity contribution in [2.24, 2.45) is 0 Å². The summed E-state index contributed by atoms with van der Waals surface area (Å²) in [6, 6.07) is 8.20. The molecule has 1 aromatic carbocycles. The molecule has 4 nitrogen and oxygen atoms in total. The van der Waals surface area contributed by atoms with E-state index in [2.05, 4.69) is 23.8 Å². The Bertz CT molecular complexity index is 477. The molecular formula is C13H15N3O. The van der Waals surface area contributed by atoms with E-state index in [0.717, 1.165) is 5.75 Å². The minimum Gasteiger partial charge on any atom is -0.424 e. The fourth-order valence-corrected chi connectivity index (χ4v) is 1.41. The van der Waals surface area contributed by atoms with Crippen molar-refractivity contribution in [2.45, 2.75) is 19.8 Å². The van der Waals surface area contributed by atoms with Crippen LogP contribution in [-0.4, -0.2) is 9.97 Å². The molecule has 0 saturated heterocycles. The van der Waals surface area contributed by atoms with E-state index >= 15 is 0 Å². The SMILES string of the molecule is CC(C)c1ccc(Oc2ncc(N)cn2)cc1. The minimum atomic E-state index is 0.302. The zero-order valence-electron chi connectivity index (χ0n) is 9.92. The number of nitrogen functional groups attached to an aromatic ring is 1. The molecule has 0 aliphatic rings. The monoisotopic (exact) mass is 229 g/mol. The maximum Gasteiger partial charge on any atom is 0.322 e. The van der Waals surface area contributed by atoms with E-state index in [1.165, 1.54) is 18.0 Å². The minimum absolute atomic E-state index is 0.302. The number of ether oxygens (including phenoxy) is 1. The summed E-state index contributed by atoms with van der Waals surface area (Å²) in [6.07, 6.45) is 3.04. The Hall–Kier alpha value is -2.10. The number of anilines is 1. The summed E-state index contributed by atoms with van der Waals surface area (Å²) in [7, 11) is 0. The van der Waals surface area contributed by atoms with E-state index in [9.17, 15) is 0 Å². The molecule has 0 atom stereocenters. The third-order valence-electron chi connectivity index (χ3n) is 2.40. The van der Waals surface area contributed by atoms with Gasteiger partial charge in [0.2, 0.25) is 0 Å². The average molecular weight is 229 g/mol. The van der Waals surface area contributed by atoms with Gasteiger partial charge in [-0.2, -0.15) is 0 Å². The van der Waals surface area contributed by atoms with Gasteiger partial charge in [-0.15, -0.1) is 0 Å². The highest BCUT2D eigenvalue weighted by atomic mass is 16.5. The fraction of sp³-hybridized carbons (Fsp3) is 0.231. The molecule has 88 valence electrons. The number of benzene rings is 1. The van der Waals surface area contributed by atoms with E-state index in [-0.39, 0.29) is 0 Å². The van der Waals surface area contributed by atoms with Crippen molar-refractivity contribution in [1.82, 2.24) is 9.97 Å². The summed E-state index contributed by atoms with van der Waals surface area (Å²) in [5.41, 5.74) is 7.29. The lowest BCUT2D eigenvalue weighted by molar-refractivity contribution is 0.442. The maximum atomic E-state index is 5.49. The van der Waals surface area contributed by atoms with E-state index in [1.807, 2.05) is 24.3 Å². The molecule has 0 saturated carbocycles. The van der Waals surface area contributed by atoms with Gasteiger partial charge in [-0.1, -0.05) is 26.0 Å². The summed E-state index contributed by atoms with van der Waals surface area (Å²) >= 11 is 0. The molecule has 0 fully saturated rings. The van der Waals surface area contributed by atoms with Crippen LogP contribution < -0.4 is 10.5 Å². The van der Waals surface area contributed by atoms with E-state index in [0.29, 0.717) is 17.6 Å². The quantitative estimate of drug-likeness (QED) is 0.878. The molecule has 0 unspecified atom stereocenters. The highest BCUT2D eigenvalue weighted by Gasteiger charge is 2.02. The van der Waals surface area contributed by atoms with E-state index in [4.69, 9.17) is 10.5 Å². The molecule has 0 spiro atoms. The Morgan fingerprint density at radius 3 is 2.18 bits per heavy atom. The van der Waals surface area contributed by atoms with E-state index in [1.54, 1.807) is 0 Å². The summed E-state index contributed by atoms with van der Waals surface area (Å²) < 4.78 is 5.49. The van der Waals surface area contributed by atoms with Crippen molar-refractivity contribution in [3.8, 4) is 11.8 Å². The van der Waals surface area contributed by atoms with Crippen LogP contribution in [0.5, 0.6) is 11.8 Å². The van der Waals surface area contributed by atoms with E-state index < -0.39 is 0 Å². The van der Waals surface area contributed by atoms with Crippen LogP contribution in [0.25, 0.3) is 0 Å². The van der Waals surface area contributed by atoms with Crippen LogP contribution in [0.4, 0.5) is 5.69 Å². The summed E-state index contributed by atoms with van der Waals surface area (Å²) in [4.78, 5) is 7.95. The zero-order chi connectivity index (χ0) is 12.3. The smallest absolute Gasteiger partial charge is 0.322 e. The number of hydrogen-bond acceptors (Lipinski definition) is 4. The number of hydrogen-bond donors (Lipinski definition) is 1. The van der Waals surface area contributed by atoms with Crippen LogP contribution in [-0.2, 0) is 0 Å². The van der Waals surface area contributed by atoms with Crippen molar-refractivity contribution in [1.29, 1.82) is 0 Å². The molecule has 2 rings (SSSR count). The van der Waals surface area contributed by atoms with Crippen molar-refractivity contribution in [3.05, 3.63) is 42.2 Å². The largest absolute Gasteiger partial charge is 0.424 e. The molecule has 0 amide bonds. The molecule has 0 radical (unpaired) electrons. The standard InChI is InChI=1S/C13H15N3O/c1-9(2)10-3-5-12(6-4-10)17-13-15-7-11(14)8-16-13/h3-9H,14H2,1-2H3. The van der Waals surface area contributed by atoms with Gasteiger partial charge in [-0.25, -0.2) is 9.97 Å². The first-order valence-electron chi connectivity index (χ1n) is 5.50. The molecular weight excluding hydrogens is 214 g/mol. The lowest BCUT2D eigenvalue weighted by atomic mass is 10.0. The fourth-order valence-electron chi connectivity index (χ4n) is 1.41. The molecule has 1 heterocycles. The van der Waals surface area contributed by atoms with Gasteiger partial charge >= 0.3 is 6.01 Å². The van der Waals surface area contributed by atoms with Crippen LogP contribution in [0.2, 0.25) is 0 Å². The normalized spacial score (nSPS) is 10.5. The van der Waals surface area contributed by atoms with Crippen LogP contribution >= 0.6 is 0 Å². The lowest BCUT2D eigenvalue weighted by Crippen LogP contribution is -1.94. The average Bonchev–Trinajstić information content (AvgIpc) is 2.33. The number of nitrogens with two attached hydrogens (primary N) is 1. The molecule has 0 bridgehead atoms. The highest BCUT2D eigenvalue weighted by molar-refractivity contribution is 5.33. The molecule has 4 heteroatoms. The first-order valence-corrected chi connectivity index (χ1v) is 5.50. The Labute approximate surface area is 100 Å². The van der Waals surface area contributed by atoms with Crippen LogP contribution in [0.1, 0.15) is 25.3 Å². The van der Waals surface area contributed by atoms with Gasteiger partial charge in [0.05, 0.1) is 18.1 Å². The first-order chi connectivity index (χ1) is 8.15. The second-order valence-electron chi connectivity index (χ2n) is 4.12. The molecule has 2 N–H and O–H groups in total. The molecule has 0 aliphatic carbocycles. The van der Waals surface area contributed by atoms with Crippen LogP contribution in [0.3, 0.4) is 0 Å². The maximum absolute atomic E-state index is 5.49. The molecule has 2 aromatic rings. The number of aromatic nitrogens is 2. The number of nitrogens with zero attached hydrogens (tertiary/aromatic N) is 2. The summed E-state index contributed by atoms with van der Waals surface area (Å²) in [5.74, 6) is 1.23. The van der Waals surface area contributed by atoms with Crippen LogP contribution in [0.15, 0.2) is 36.7 Å². The van der Waals surface area contributed by atoms with Crippen molar-refractivity contribution in [3.63, 3.8) is 0 Å². The predicted octanol–water partition coefficient (Wildman–Crippen LogP) is 2.97. The molecule has 0 aliphatic heterocycles. The summed E-state index contributed by atoms with van der Waals surface area (Å²) in [5, 5.41) is 0. The highest BCUT2D eigenvalue weighted by Crippen LogP contribution is 2.21. The van der Waals surface area contributed by atoms with Gasteiger partial charge in [-0.05, 0) is 23.6 Å². The topological polar surface area (TPSA) is 61.0 Å². The Morgan fingerprint density at radius 2 is 1.65 bits per heavy atom. The van der Waals surface area contributed by atoms with Crippen molar-refractivity contribution < 1.29 is 4.74 Å². The second-order valence-corrected chi connectivity index (χ2v) is 4.12. The van der Waals surface area contributed by atoms with Crippen molar-refractivity contribution >= 4 is 5.69 Å². The second kappa shape index (κ2) is 4.82. The van der Waals surface area contributed by atoms with Gasteiger partial charge < -0.3 is 10.5 Å². The predicted molar refractivity (Wildman–Crippen MR) is 67.0 cm³/mol. The van der Waals surface area contributed by atoms with Crippen LogP contribution in [0, 0.1) is 0 Å². The van der Waals surface area contributed by atoms with Gasteiger partial charge in [0.15, 0.2) is 0 Å². The molecule has 1 aromatic heterocycles. The Balaban J connectivity index is 2.11. The Kier molecular flexibility index (Phi) is 3.23. The van der Waals surface area contributed by atoms with Gasteiger partial charge in [0.25, 0.3) is 0 Å². The Morgan fingerprint density at radius 1 is 1.06 bits per heavy atom. The van der Waals surface area contributed by atoms with Crippen molar-refractivity contribution in [2.75, 3.05) is 5.73 Å². The number of rotatable bonds is 3. The van der Waals surface area contributed by atoms with Gasteiger partial charge in [-0.3, -0.25) is 0 Å². The lowest BCUT2D eigenvalue weighted by Gasteiger charge is -2.07. The summed E-state index contributed by atoms with van der Waals surface area (Å²) in [6.45, 7) is 4.30. The third kappa shape index (κ3) is 2.93. The third-order valence-corrected chi connectivity index (χ3v) is 2.40. The molecule has 17 heavy (non-hydrogen) atoms. The first kappa shape index (κ1) is 11.4. The van der Waals surface area contributed by atoms with Gasteiger partial charge in [0, 0.05) is 0 Å².